The molecule has 4 heteroatoms. The van der Waals surface area contributed by atoms with Gasteiger partial charge in [0.05, 0.1) is 6.61 Å². The van der Waals surface area contributed by atoms with Crippen LogP contribution in [0.3, 0.4) is 0 Å². The zero-order chi connectivity index (χ0) is 13.7. The molecule has 2 aromatic rings. The van der Waals surface area contributed by atoms with Crippen molar-refractivity contribution in [3.05, 3.63) is 53.8 Å². The third-order valence-electron chi connectivity index (χ3n) is 2.60. The first-order chi connectivity index (χ1) is 9.20. The number of thioether (sulfide) groups is 1. The van der Waals surface area contributed by atoms with Crippen LogP contribution in [-0.4, -0.2) is 6.61 Å². The molecule has 2 N–H and O–H groups in total. The number of benzene rings is 2. The summed E-state index contributed by atoms with van der Waals surface area (Å²) in [5.41, 5.74) is 7.48. The summed E-state index contributed by atoms with van der Waals surface area (Å²) in [7, 11) is 0. The first-order valence-corrected chi connectivity index (χ1v) is 7.07. The molecule has 0 aliphatic carbocycles. The van der Waals surface area contributed by atoms with E-state index in [1.807, 2.05) is 25.1 Å². The Morgan fingerprint density at radius 2 is 1.95 bits per heavy atom. The van der Waals surface area contributed by atoms with Crippen molar-refractivity contribution in [2.45, 2.75) is 17.6 Å². The van der Waals surface area contributed by atoms with E-state index >= 15 is 0 Å². The van der Waals surface area contributed by atoms with Crippen LogP contribution in [0.4, 0.5) is 10.1 Å². The quantitative estimate of drug-likeness (QED) is 0.660. The fourth-order valence-corrected chi connectivity index (χ4v) is 2.61. The Kier molecular flexibility index (Phi) is 4.68. The Labute approximate surface area is 116 Å². The van der Waals surface area contributed by atoms with E-state index in [2.05, 4.69) is 12.1 Å². The highest BCUT2D eigenvalue weighted by Gasteiger charge is 2.09. The Hall–Kier alpha value is -1.68. The molecule has 2 nitrogen and oxygen atoms in total. The van der Waals surface area contributed by atoms with Crippen LogP contribution < -0.4 is 10.5 Å². The first kappa shape index (κ1) is 13.7. The summed E-state index contributed by atoms with van der Waals surface area (Å²) in [5, 5.41) is 0. The van der Waals surface area contributed by atoms with Crippen LogP contribution in [0.2, 0.25) is 0 Å². The summed E-state index contributed by atoms with van der Waals surface area (Å²) in [6.45, 7) is 2.26. The van der Waals surface area contributed by atoms with Crippen molar-refractivity contribution in [1.82, 2.24) is 0 Å². The maximum Gasteiger partial charge on any atom is 0.167 e. The van der Waals surface area contributed by atoms with E-state index in [-0.39, 0.29) is 5.75 Å². The number of anilines is 1. The van der Waals surface area contributed by atoms with E-state index < -0.39 is 5.82 Å². The van der Waals surface area contributed by atoms with Gasteiger partial charge in [-0.1, -0.05) is 30.3 Å². The molecule has 100 valence electrons. The van der Waals surface area contributed by atoms with Gasteiger partial charge in [0.1, 0.15) is 0 Å². The molecule has 0 aliphatic heterocycles. The zero-order valence-electron chi connectivity index (χ0n) is 10.7. The van der Waals surface area contributed by atoms with Gasteiger partial charge in [0, 0.05) is 22.4 Å². The molecule has 0 saturated carbocycles. The van der Waals surface area contributed by atoms with E-state index in [0.717, 1.165) is 10.6 Å². The minimum absolute atomic E-state index is 0.257. The highest BCUT2D eigenvalue weighted by molar-refractivity contribution is 7.98. The number of halogens is 1. The van der Waals surface area contributed by atoms with Crippen molar-refractivity contribution in [3.63, 3.8) is 0 Å². The lowest BCUT2D eigenvalue weighted by molar-refractivity contribution is 0.321. The number of hydrogen-bond donors (Lipinski definition) is 1. The molecule has 19 heavy (non-hydrogen) atoms. The van der Waals surface area contributed by atoms with E-state index in [1.165, 1.54) is 11.6 Å². The highest BCUT2D eigenvalue weighted by atomic mass is 32.2. The van der Waals surface area contributed by atoms with Crippen molar-refractivity contribution < 1.29 is 9.13 Å². The van der Waals surface area contributed by atoms with E-state index in [9.17, 15) is 4.39 Å². The summed E-state index contributed by atoms with van der Waals surface area (Å²) < 4.78 is 18.8. The van der Waals surface area contributed by atoms with Gasteiger partial charge >= 0.3 is 0 Å². The second-order valence-corrected chi connectivity index (χ2v) is 5.04. The molecule has 0 saturated heterocycles. The fraction of sp³-hybridized carbons (Fsp3) is 0.200. The summed E-state index contributed by atoms with van der Waals surface area (Å²) in [6.07, 6.45) is 0. The van der Waals surface area contributed by atoms with Gasteiger partial charge < -0.3 is 10.5 Å². The maximum absolute atomic E-state index is 13.6. The van der Waals surface area contributed by atoms with Crippen LogP contribution in [0.1, 0.15) is 12.5 Å². The number of nitrogens with two attached hydrogens (primary N) is 1. The number of ether oxygens (including phenoxy) is 1. The minimum atomic E-state index is -0.414. The van der Waals surface area contributed by atoms with Crippen LogP contribution in [0.25, 0.3) is 0 Å². The van der Waals surface area contributed by atoms with Gasteiger partial charge in [-0.2, -0.15) is 0 Å². The lowest BCUT2D eigenvalue weighted by Gasteiger charge is -2.10. The fourth-order valence-electron chi connectivity index (χ4n) is 1.68. The number of rotatable bonds is 5. The first-order valence-electron chi connectivity index (χ1n) is 6.09. The third kappa shape index (κ3) is 3.64. The second kappa shape index (κ2) is 6.48. The van der Waals surface area contributed by atoms with Crippen LogP contribution in [-0.2, 0) is 5.75 Å². The maximum atomic E-state index is 13.6. The average molecular weight is 277 g/mol. The summed E-state index contributed by atoms with van der Waals surface area (Å²) in [5.74, 6) is 0.637. The third-order valence-corrected chi connectivity index (χ3v) is 3.74. The molecule has 0 amide bonds. The molecule has 0 radical (unpaired) electrons. The molecule has 0 aromatic heterocycles. The van der Waals surface area contributed by atoms with Gasteiger partial charge in [0.15, 0.2) is 11.6 Å². The van der Waals surface area contributed by atoms with Gasteiger partial charge in [-0.3, -0.25) is 0 Å². The molecular weight excluding hydrogens is 261 g/mol. The molecular formula is C15H16FNOS. The van der Waals surface area contributed by atoms with Crippen molar-refractivity contribution in [1.29, 1.82) is 0 Å². The SMILES string of the molecule is CCOc1cc(SCc2ccccc2)c(N)cc1F. The topological polar surface area (TPSA) is 35.2 Å². The Bertz CT molecular complexity index is 545. The smallest absolute Gasteiger partial charge is 0.167 e. The van der Waals surface area contributed by atoms with Crippen LogP contribution in [0.15, 0.2) is 47.4 Å². The van der Waals surface area contributed by atoms with E-state index in [4.69, 9.17) is 10.5 Å². The van der Waals surface area contributed by atoms with Crippen molar-refractivity contribution in [3.8, 4) is 5.75 Å². The summed E-state index contributed by atoms with van der Waals surface area (Å²) in [4.78, 5) is 0.841. The van der Waals surface area contributed by atoms with Crippen molar-refractivity contribution >= 4 is 17.4 Å². The second-order valence-electron chi connectivity index (χ2n) is 4.03. The Morgan fingerprint density at radius 1 is 1.21 bits per heavy atom. The van der Waals surface area contributed by atoms with E-state index in [0.29, 0.717) is 12.3 Å². The summed E-state index contributed by atoms with van der Waals surface area (Å²) in [6, 6.07) is 13.1. The van der Waals surface area contributed by atoms with Crippen LogP contribution in [0, 0.1) is 5.82 Å². The normalized spacial score (nSPS) is 10.4. The number of nitrogen functional groups attached to an aromatic ring is 1. The minimum Gasteiger partial charge on any atom is -0.491 e. The monoisotopic (exact) mass is 277 g/mol. The van der Waals surface area contributed by atoms with Crippen molar-refractivity contribution in [2.75, 3.05) is 12.3 Å². The molecule has 0 atom stereocenters. The Morgan fingerprint density at radius 3 is 2.63 bits per heavy atom. The van der Waals surface area contributed by atoms with Crippen molar-refractivity contribution in [2.24, 2.45) is 0 Å². The average Bonchev–Trinajstić information content (AvgIpc) is 2.42. The molecule has 0 aliphatic rings. The molecule has 2 rings (SSSR count). The van der Waals surface area contributed by atoms with Gasteiger partial charge in [-0.25, -0.2) is 4.39 Å². The van der Waals surface area contributed by atoms with Crippen LogP contribution >= 0.6 is 11.8 Å². The lowest BCUT2D eigenvalue weighted by Crippen LogP contribution is -1.98. The lowest BCUT2D eigenvalue weighted by atomic mass is 10.2. The molecule has 0 bridgehead atoms. The summed E-state index contributed by atoms with van der Waals surface area (Å²) >= 11 is 1.58. The zero-order valence-corrected chi connectivity index (χ0v) is 11.5. The predicted molar refractivity (Wildman–Crippen MR) is 78.0 cm³/mol. The molecule has 2 aromatic carbocycles. The molecule has 0 spiro atoms. The molecule has 0 fully saturated rings. The largest absolute Gasteiger partial charge is 0.491 e. The van der Waals surface area contributed by atoms with Gasteiger partial charge in [-0.05, 0) is 18.6 Å². The standard InChI is InChI=1S/C15H16FNOS/c1-2-18-14-9-15(13(17)8-12(14)16)19-10-11-6-4-3-5-7-11/h3-9H,2,10,17H2,1H3. The highest BCUT2D eigenvalue weighted by Crippen LogP contribution is 2.33. The Balaban J connectivity index is 2.13. The predicted octanol–water partition coefficient (Wildman–Crippen LogP) is 4.10. The van der Waals surface area contributed by atoms with Gasteiger partial charge in [0.25, 0.3) is 0 Å². The molecule has 0 unspecified atom stereocenters. The van der Waals surface area contributed by atoms with E-state index in [1.54, 1.807) is 17.8 Å². The van der Waals surface area contributed by atoms with Gasteiger partial charge in [0.2, 0.25) is 0 Å². The van der Waals surface area contributed by atoms with Gasteiger partial charge in [-0.15, -0.1) is 11.8 Å². The number of hydrogen-bond acceptors (Lipinski definition) is 3. The van der Waals surface area contributed by atoms with Crippen LogP contribution in [0.5, 0.6) is 5.75 Å². The molecule has 0 heterocycles.